The van der Waals surface area contributed by atoms with Gasteiger partial charge in [-0.1, -0.05) is 197 Å². The van der Waals surface area contributed by atoms with Crippen LogP contribution < -0.4 is 10.2 Å². The molecule has 0 rings (SSSR count). The highest BCUT2D eigenvalue weighted by atomic mass is 31.2. The van der Waals surface area contributed by atoms with Gasteiger partial charge >= 0.3 is 5.97 Å². The predicted molar refractivity (Wildman–Crippen MR) is 284 cm³/mol. The van der Waals surface area contributed by atoms with Gasteiger partial charge in [0.1, 0.15) is 19.3 Å². The third-order valence-electron chi connectivity index (χ3n) is 11.6. The van der Waals surface area contributed by atoms with E-state index in [2.05, 4.69) is 86.8 Å². The van der Waals surface area contributed by atoms with Gasteiger partial charge in [-0.25, -0.2) is 0 Å². The Balaban J connectivity index is 5.51. The normalized spacial score (nSPS) is 14.4. The summed E-state index contributed by atoms with van der Waals surface area (Å²) in [5.41, 5.74) is 0. The minimum Gasteiger partial charge on any atom is -0.756 e. The van der Waals surface area contributed by atoms with Crippen molar-refractivity contribution in [3.63, 3.8) is 0 Å². The monoisotopic (exact) mass is 959 g/mol. The van der Waals surface area contributed by atoms with Crippen molar-refractivity contribution < 1.29 is 37.3 Å². The number of phosphoric acid groups is 1. The molecule has 0 radical (unpaired) electrons. The zero-order valence-corrected chi connectivity index (χ0v) is 45.0. The second kappa shape index (κ2) is 47.1. The average molecular weight is 959 g/mol. The van der Waals surface area contributed by atoms with E-state index in [0.29, 0.717) is 23.9 Å². The lowest BCUT2D eigenvalue weighted by Crippen LogP contribution is -2.47. The number of unbranched alkanes of at least 4 members (excludes halogenated alkanes) is 22. The summed E-state index contributed by atoms with van der Waals surface area (Å²) >= 11 is 0. The Labute approximate surface area is 413 Å². The molecule has 0 aromatic rings. The summed E-state index contributed by atoms with van der Waals surface area (Å²) < 4.78 is 30.1. The topological polar surface area (TPSA) is 114 Å². The van der Waals surface area contributed by atoms with E-state index in [1.807, 2.05) is 33.3 Å². The number of rotatable bonds is 48. The number of hydrogen-bond acceptors (Lipinski definition) is 7. The van der Waals surface area contributed by atoms with E-state index >= 15 is 0 Å². The second-order valence-electron chi connectivity index (χ2n) is 19.4. The third-order valence-corrected chi connectivity index (χ3v) is 12.6. The first kappa shape index (κ1) is 64.5. The number of hydrogen-bond donors (Lipinski definition) is 1. The van der Waals surface area contributed by atoms with Gasteiger partial charge in [0, 0.05) is 12.8 Å². The average Bonchev–Trinajstić information content (AvgIpc) is 3.28. The molecule has 1 N–H and O–H groups in total. The maximum atomic E-state index is 13.4. The molecular weight excluding hydrogens is 856 g/mol. The van der Waals surface area contributed by atoms with Crippen molar-refractivity contribution in [3.05, 3.63) is 72.9 Å². The molecule has 3 atom stereocenters. The van der Waals surface area contributed by atoms with Gasteiger partial charge < -0.3 is 28.5 Å². The Morgan fingerprint density at radius 3 is 1.48 bits per heavy atom. The van der Waals surface area contributed by atoms with Crippen LogP contribution in [0.2, 0.25) is 0 Å². The molecule has 0 aromatic heterocycles. The first-order valence-corrected chi connectivity index (χ1v) is 28.7. The van der Waals surface area contributed by atoms with Gasteiger partial charge in [0.15, 0.2) is 0 Å². The van der Waals surface area contributed by atoms with Crippen molar-refractivity contribution in [1.82, 2.24) is 5.32 Å². The molecule has 1 amide bonds. The second-order valence-corrected chi connectivity index (χ2v) is 20.8. The van der Waals surface area contributed by atoms with Gasteiger partial charge in [-0.2, -0.15) is 0 Å². The quantitative estimate of drug-likeness (QED) is 0.0212. The smallest absolute Gasteiger partial charge is 0.306 e. The van der Waals surface area contributed by atoms with E-state index < -0.39 is 26.6 Å². The van der Waals surface area contributed by atoms with Crippen LogP contribution in [0.3, 0.4) is 0 Å². The predicted octanol–water partition coefficient (Wildman–Crippen LogP) is 15.5. The third kappa shape index (κ3) is 48.3. The van der Waals surface area contributed by atoms with Crippen molar-refractivity contribution in [1.29, 1.82) is 0 Å². The Morgan fingerprint density at radius 1 is 0.522 bits per heavy atom. The highest BCUT2D eigenvalue weighted by Crippen LogP contribution is 2.38. The Hall–Kier alpha value is -2.55. The van der Waals surface area contributed by atoms with Crippen LogP contribution >= 0.6 is 7.82 Å². The molecular formula is C57H103N2O7P. The minimum absolute atomic E-state index is 0.0360. The summed E-state index contributed by atoms with van der Waals surface area (Å²) in [6, 6.07) is -0.920. The van der Waals surface area contributed by atoms with Crippen molar-refractivity contribution in [3.8, 4) is 0 Å². The minimum atomic E-state index is -4.71. The van der Waals surface area contributed by atoms with Crippen LogP contribution in [-0.4, -0.2) is 69.4 Å². The molecule has 0 aliphatic heterocycles. The van der Waals surface area contributed by atoms with Gasteiger partial charge in [-0.3, -0.25) is 14.2 Å². The first-order valence-electron chi connectivity index (χ1n) is 27.2. The molecule has 0 bridgehead atoms. The summed E-state index contributed by atoms with van der Waals surface area (Å²) in [7, 11) is 1.14. The van der Waals surface area contributed by atoms with Gasteiger partial charge in [0.25, 0.3) is 7.82 Å². The van der Waals surface area contributed by atoms with Crippen LogP contribution in [0.25, 0.3) is 0 Å². The molecule has 0 fully saturated rings. The highest BCUT2D eigenvalue weighted by molar-refractivity contribution is 7.45. The number of phosphoric ester groups is 1. The standard InChI is InChI=1S/C57H103N2O7P/c1-7-10-13-16-19-22-25-27-28-29-30-32-35-37-40-43-46-49-56(60)58-54(53-65-67(62,63)64-52-51-59(4,5)6)55(48-45-42-39-36-34-31-26-23-20-17-14-11-8-2)66-57(61)50-47-44-41-38-33-24-21-18-15-12-9-3/h18-19,21-22,27-28,30,32,37,40,45,48,54-55H,7-17,20,23-26,29,31,33-36,38-39,41-44,46-47,49-53H2,1-6H3,(H-,58,60,62,63)/b21-18-,22-19-,28-27-,32-30-,40-37-,48-45+. The maximum absolute atomic E-state index is 13.4. The molecule has 67 heavy (non-hydrogen) atoms. The zero-order chi connectivity index (χ0) is 49.4. The summed E-state index contributed by atoms with van der Waals surface area (Å²) in [6.45, 7) is 6.71. The van der Waals surface area contributed by atoms with E-state index in [-0.39, 0.29) is 31.3 Å². The van der Waals surface area contributed by atoms with Crippen LogP contribution in [0.5, 0.6) is 0 Å². The van der Waals surface area contributed by atoms with Crippen molar-refractivity contribution in [2.45, 2.75) is 238 Å². The van der Waals surface area contributed by atoms with E-state index in [1.54, 1.807) is 0 Å². The molecule has 0 spiro atoms. The molecule has 3 unspecified atom stereocenters. The number of carbonyl (C=O) groups excluding carboxylic acids is 2. The van der Waals surface area contributed by atoms with E-state index in [0.717, 1.165) is 83.5 Å². The number of allylic oxidation sites excluding steroid dienone is 11. The van der Waals surface area contributed by atoms with E-state index in [9.17, 15) is 19.0 Å². The van der Waals surface area contributed by atoms with Crippen LogP contribution in [0.4, 0.5) is 0 Å². The Bertz CT molecular complexity index is 1380. The van der Waals surface area contributed by atoms with Crippen LogP contribution in [-0.2, 0) is 27.9 Å². The van der Waals surface area contributed by atoms with Gasteiger partial charge in [0.2, 0.25) is 5.91 Å². The summed E-state index contributed by atoms with van der Waals surface area (Å²) in [4.78, 5) is 39.7. The van der Waals surface area contributed by atoms with Gasteiger partial charge in [-0.15, -0.1) is 0 Å². The molecule has 388 valence electrons. The van der Waals surface area contributed by atoms with Gasteiger partial charge in [-0.05, 0) is 89.5 Å². The molecule has 9 nitrogen and oxygen atoms in total. The molecule has 0 heterocycles. The molecule has 0 aromatic carbocycles. The number of amides is 1. The number of esters is 1. The van der Waals surface area contributed by atoms with E-state index in [1.165, 1.54) is 96.3 Å². The number of nitrogens with one attached hydrogen (secondary N) is 1. The fourth-order valence-electron chi connectivity index (χ4n) is 7.32. The summed E-state index contributed by atoms with van der Waals surface area (Å²) in [5, 5.41) is 2.98. The first-order chi connectivity index (χ1) is 32.4. The van der Waals surface area contributed by atoms with Crippen molar-refractivity contribution in [2.24, 2.45) is 0 Å². The van der Waals surface area contributed by atoms with Crippen LogP contribution in [0.1, 0.15) is 226 Å². The Kier molecular flexibility index (Phi) is 45.3. The van der Waals surface area contributed by atoms with Gasteiger partial charge in [0.05, 0.1) is 33.8 Å². The lowest BCUT2D eigenvalue weighted by atomic mass is 10.0. The fourth-order valence-corrected chi connectivity index (χ4v) is 8.04. The zero-order valence-electron chi connectivity index (χ0n) is 44.1. The lowest BCUT2D eigenvalue weighted by molar-refractivity contribution is -0.870. The number of nitrogens with zero attached hydrogens (tertiary/aromatic N) is 1. The van der Waals surface area contributed by atoms with Crippen molar-refractivity contribution >= 4 is 19.7 Å². The summed E-state index contributed by atoms with van der Waals surface area (Å²) in [5.74, 6) is -0.622. The summed E-state index contributed by atoms with van der Waals surface area (Å²) in [6.07, 6.45) is 58.7. The van der Waals surface area contributed by atoms with Crippen LogP contribution in [0, 0.1) is 0 Å². The maximum Gasteiger partial charge on any atom is 0.306 e. The van der Waals surface area contributed by atoms with Crippen LogP contribution in [0.15, 0.2) is 72.9 Å². The van der Waals surface area contributed by atoms with E-state index in [4.69, 9.17) is 13.8 Å². The SMILES string of the molecule is CCCC/C=C\CCCCCCCC(=O)OC(/C=C/CCCCCCCCCCCCC)C(COP(=O)([O-])OCC[N+](C)(C)C)NC(=O)CCC/C=C\C/C=C\C/C=C\C/C=C\CCCCC. The molecule has 0 saturated heterocycles. The fraction of sp³-hybridized carbons (Fsp3) is 0.754. The number of likely N-dealkylation sites (N-methyl/N-ethyl adjacent to an activating group) is 1. The number of ether oxygens (including phenoxy) is 1. The number of carbonyl (C=O) groups is 2. The van der Waals surface area contributed by atoms with Crippen molar-refractivity contribution in [2.75, 3.05) is 40.9 Å². The highest BCUT2D eigenvalue weighted by Gasteiger charge is 2.27. The largest absolute Gasteiger partial charge is 0.756 e. The molecule has 0 aliphatic rings. The lowest BCUT2D eigenvalue weighted by Gasteiger charge is -2.30. The molecule has 10 heteroatoms. The number of quaternary nitrogens is 1. The molecule has 0 aliphatic carbocycles. The Morgan fingerprint density at radius 2 is 0.940 bits per heavy atom. The molecule has 0 saturated carbocycles.